The van der Waals surface area contributed by atoms with E-state index in [1.165, 1.54) is 30.5 Å². The molecule has 3 aromatic rings. The van der Waals surface area contributed by atoms with E-state index in [4.69, 9.17) is 4.74 Å². The van der Waals surface area contributed by atoms with Crippen molar-refractivity contribution in [3.05, 3.63) is 82.5 Å². The summed E-state index contributed by atoms with van der Waals surface area (Å²) in [5.74, 6) is -0.415. The number of aromatic nitrogens is 2. The Bertz CT molecular complexity index is 1030. The average Bonchev–Trinajstić information content (AvgIpc) is 2.70. The van der Waals surface area contributed by atoms with Crippen molar-refractivity contribution in [2.45, 2.75) is 0 Å². The molecular weight excluding hydrogens is 366 g/mol. The zero-order chi connectivity index (χ0) is 19.9. The Morgan fingerprint density at radius 3 is 2.50 bits per heavy atom. The summed E-state index contributed by atoms with van der Waals surface area (Å²) in [7, 11) is 0. The summed E-state index contributed by atoms with van der Waals surface area (Å²) in [5, 5.41) is 23.0. The van der Waals surface area contributed by atoms with Crippen molar-refractivity contribution >= 4 is 23.3 Å². The van der Waals surface area contributed by atoms with E-state index in [0.29, 0.717) is 0 Å². The van der Waals surface area contributed by atoms with Gasteiger partial charge in [-0.25, -0.2) is 4.79 Å². The quantitative estimate of drug-likeness (QED) is 0.513. The number of benzene rings is 2. The first-order chi connectivity index (χ1) is 13.5. The van der Waals surface area contributed by atoms with Crippen molar-refractivity contribution < 1.29 is 19.2 Å². The molecule has 0 aliphatic heterocycles. The number of rotatable bonds is 5. The van der Waals surface area contributed by atoms with Crippen molar-refractivity contribution in [2.24, 2.45) is 0 Å². The molecule has 2 aromatic carbocycles. The van der Waals surface area contributed by atoms with Crippen LogP contribution in [0.15, 0.2) is 66.9 Å². The fraction of sp³-hybridized carbons (Fsp3) is 0. The average molecular weight is 379 g/mol. The Labute approximate surface area is 158 Å². The molecular formula is C18H13N5O5. The summed E-state index contributed by atoms with van der Waals surface area (Å²) in [6, 6.07) is 14.2. The standard InChI is InChI=1S/C18H13N5O5/c24-17(12-6-1-3-8-14(12)23(26)27)21-18(25)20-13-7-2-4-9-15(13)28-16-10-5-11-19-22-16/h1-11H,(H2,20,21,24,25). The van der Waals surface area contributed by atoms with E-state index in [9.17, 15) is 19.7 Å². The van der Waals surface area contributed by atoms with E-state index in [1.807, 2.05) is 0 Å². The van der Waals surface area contributed by atoms with Gasteiger partial charge >= 0.3 is 6.03 Å². The number of hydrogen-bond donors (Lipinski definition) is 2. The topological polar surface area (TPSA) is 136 Å². The molecule has 10 nitrogen and oxygen atoms in total. The number of nitro groups is 1. The van der Waals surface area contributed by atoms with Gasteiger partial charge in [-0.05, 0) is 24.3 Å². The number of carbonyl (C=O) groups is 2. The molecule has 0 saturated heterocycles. The summed E-state index contributed by atoms with van der Waals surface area (Å²) < 4.78 is 5.56. The van der Waals surface area contributed by atoms with E-state index < -0.39 is 22.5 Å². The molecule has 0 radical (unpaired) electrons. The second-order valence-electron chi connectivity index (χ2n) is 5.34. The number of ether oxygens (including phenoxy) is 1. The lowest BCUT2D eigenvalue weighted by atomic mass is 10.1. The van der Waals surface area contributed by atoms with Crippen molar-refractivity contribution in [2.75, 3.05) is 5.32 Å². The highest BCUT2D eigenvalue weighted by molar-refractivity contribution is 6.10. The Hall–Kier alpha value is -4.34. The van der Waals surface area contributed by atoms with Crippen molar-refractivity contribution in [1.29, 1.82) is 0 Å². The molecule has 140 valence electrons. The highest BCUT2D eigenvalue weighted by Gasteiger charge is 2.21. The van der Waals surface area contributed by atoms with Gasteiger partial charge < -0.3 is 10.1 Å². The lowest BCUT2D eigenvalue weighted by molar-refractivity contribution is -0.385. The third-order valence-corrected chi connectivity index (χ3v) is 3.47. The molecule has 10 heteroatoms. The number of nitro benzene ring substituents is 1. The summed E-state index contributed by atoms with van der Waals surface area (Å²) in [6.45, 7) is 0. The Balaban J connectivity index is 1.72. The first-order valence-corrected chi connectivity index (χ1v) is 7.95. The molecule has 28 heavy (non-hydrogen) atoms. The minimum atomic E-state index is -0.905. The summed E-state index contributed by atoms with van der Waals surface area (Å²) in [5.41, 5.74) is -0.369. The largest absolute Gasteiger partial charge is 0.435 e. The van der Waals surface area contributed by atoms with Gasteiger partial charge in [0.1, 0.15) is 5.56 Å². The van der Waals surface area contributed by atoms with E-state index in [2.05, 4.69) is 20.8 Å². The molecule has 0 atom stereocenters. The molecule has 3 amide bonds. The molecule has 0 unspecified atom stereocenters. The number of anilines is 1. The first-order valence-electron chi connectivity index (χ1n) is 7.95. The number of nitrogens with one attached hydrogen (secondary N) is 2. The number of hydrogen-bond acceptors (Lipinski definition) is 7. The van der Waals surface area contributed by atoms with Crippen LogP contribution in [0.2, 0.25) is 0 Å². The molecule has 0 fully saturated rings. The Kier molecular flexibility index (Phi) is 5.51. The minimum absolute atomic E-state index is 0.216. The number of carbonyl (C=O) groups excluding carboxylic acids is 2. The summed E-state index contributed by atoms with van der Waals surface area (Å²) >= 11 is 0. The highest BCUT2D eigenvalue weighted by Crippen LogP contribution is 2.27. The van der Waals surface area contributed by atoms with Gasteiger partial charge in [0.25, 0.3) is 11.6 Å². The molecule has 0 spiro atoms. The van der Waals surface area contributed by atoms with Crippen LogP contribution in [0.3, 0.4) is 0 Å². The summed E-state index contributed by atoms with van der Waals surface area (Å²) in [6.07, 6.45) is 1.48. The van der Waals surface area contributed by atoms with Gasteiger partial charge in [0, 0.05) is 18.3 Å². The third-order valence-electron chi connectivity index (χ3n) is 3.47. The van der Waals surface area contributed by atoms with Crippen LogP contribution < -0.4 is 15.4 Å². The minimum Gasteiger partial charge on any atom is -0.435 e. The van der Waals surface area contributed by atoms with Crippen LogP contribution in [0.1, 0.15) is 10.4 Å². The van der Waals surface area contributed by atoms with Crippen LogP contribution >= 0.6 is 0 Å². The lowest BCUT2D eigenvalue weighted by Crippen LogP contribution is -2.34. The number of urea groups is 1. The zero-order valence-electron chi connectivity index (χ0n) is 14.2. The SMILES string of the molecule is O=C(NC(=O)c1ccccc1[N+](=O)[O-])Nc1ccccc1Oc1cccnn1. The number of amides is 3. The first kappa shape index (κ1) is 18.5. The lowest BCUT2D eigenvalue weighted by Gasteiger charge is -2.11. The van der Waals surface area contributed by atoms with E-state index in [0.717, 1.165) is 0 Å². The maximum atomic E-state index is 12.2. The molecule has 2 N–H and O–H groups in total. The molecule has 3 rings (SSSR count). The van der Waals surface area contributed by atoms with Gasteiger partial charge in [-0.2, -0.15) is 5.10 Å². The van der Waals surface area contributed by atoms with Crippen molar-refractivity contribution in [3.8, 4) is 11.6 Å². The highest BCUT2D eigenvalue weighted by atomic mass is 16.6. The predicted octanol–water partition coefficient (Wildman–Crippen LogP) is 3.14. The van der Waals surface area contributed by atoms with Crippen LogP contribution in [0.5, 0.6) is 11.6 Å². The Morgan fingerprint density at radius 2 is 1.75 bits per heavy atom. The van der Waals surface area contributed by atoms with Crippen LogP contribution in [-0.2, 0) is 0 Å². The second-order valence-corrected chi connectivity index (χ2v) is 5.34. The van der Waals surface area contributed by atoms with E-state index in [-0.39, 0.29) is 22.9 Å². The maximum Gasteiger partial charge on any atom is 0.326 e. The van der Waals surface area contributed by atoms with Gasteiger partial charge in [-0.1, -0.05) is 24.3 Å². The molecule has 1 aromatic heterocycles. The molecule has 1 heterocycles. The van der Waals surface area contributed by atoms with Crippen LogP contribution in [0.4, 0.5) is 16.2 Å². The zero-order valence-corrected chi connectivity index (χ0v) is 14.2. The number of imide groups is 1. The van der Waals surface area contributed by atoms with Crippen LogP contribution in [0.25, 0.3) is 0 Å². The van der Waals surface area contributed by atoms with Gasteiger partial charge in [-0.15, -0.1) is 5.10 Å². The third kappa shape index (κ3) is 4.43. The van der Waals surface area contributed by atoms with Crippen LogP contribution in [-0.4, -0.2) is 27.1 Å². The van der Waals surface area contributed by atoms with Crippen molar-refractivity contribution in [3.63, 3.8) is 0 Å². The van der Waals surface area contributed by atoms with E-state index >= 15 is 0 Å². The molecule has 0 bridgehead atoms. The Morgan fingerprint density at radius 1 is 1.00 bits per heavy atom. The van der Waals surface area contributed by atoms with Gasteiger partial charge in [0.2, 0.25) is 5.88 Å². The van der Waals surface area contributed by atoms with Gasteiger partial charge in [-0.3, -0.25) is 20.2 Å². The molecule has 0 aliphatic rings. The van der Waals surface area contributed by atoms with Crippen LogP contribution in [0, 0.1) is 10.1 Å². The van der Waals surface area contributed by atoms with Gasteiger partial charge in [0.15, 0.2) is 5.75 Å². The van der Waals surface area contributed by atoms with Gasteiger partial charge in [0.05, 0.1) is 10.6 Å². The normalized spacial score (nSPS) is 10.0. The summed E-state index contributed by atoms with van der Waals surface area (Å²) in [4.78, 5) is 34.7. The van der Waals surface area contributed by atoms with Crippen molar-refractivity contribution in [1.82, 2.24) is 15.5 Å². The predicted molar refractivity (Wildman–Crippen MR) is 98.1 cm³/mol. The molecule has 0 aliphatic carbocycles. The smallest absolute Gasteiger partial charge is 0.326 e. The second kappa shape index (κ2) is 8.36. The fourth-order valence-electron chi connectivity index (χ4n) is 2.26. The number of para-hydroxylation sites is 3. The fourth-order valence-corrected chi connectivity index (χ4v) is 2.26. The monoisotopic (exact) mass is 379 g/mol. The molecule has 0 saturated carbocycles. The number of nitrogens with zero attached hydrogens (tertiary/aromatic N) is 3. The van der Waals surface area contributed by atoms with E-state index in [1.54, 1.807) is 36.4 Å². The maximum absolute atomic E-state index is 12.2.